The number of rotatable bonds is 9. The maximum absolute atomic E-state index is 12.6. The number of hydrogen-bond acceptors (Lipinski definition) is 4. The molecule has 0 radical (unpaired) electrons. The molecule has 0 unspecified atom stereocenters. The molecule has 0 heterocycles. The van der Waals surface area contributed by atoms with Crippen LogP contribution >= 0.6 is 0 Å². The Morgan fingerprint density at radius 1 is 0.871 bits per heavy atom. The quantitative estimate of drug-likeness (QED) is 0.576. The molecule has 6 heteroatoms. The number of likely N-dealkylation sites (N-methyl/N-ethyl adjacent to an activating group) is 1. The molecule has 0 bridgehead atoms. The topological polar surface area (TPSA) is 67.9 Å². The van der Waals surface area contributed by atoms with Crippen LogP contribution in [0.5, 0.6) is 11.5 Å². The van der Waals surface area contributed by atoms with Crippen molar-refractivity contribution in [2.45, 2.75) is 13.1 Å². The third kappa shape index (κ3) is 6.09. The van der Waals surface area contributed by atoms with Gasteiger partial charge in [-0.15, -0.1) is 0 Å². The lowest BCUT2D eigenvalue weighted by atomic mass is 10.1. The van der Waals surface area contributed by atoms with Crippen LogP contribution in [0.1, 0.15) is 21.5 Å². The average molecular weight is 418 g/mol. The van der Waals surface area contributed by atoms with Crippen molar-refractivity contribution in [3.63, 3.8) is 0 Å². The monoisotopic (exact) mass is 418 g/mol. The molecule has 0 aliphatic rings. The Morgan fingerprint density at radius 3 is 2.26 bits per heavy atom. The molecule has 3 rings (SSSR count). The van der Waals surface area contributed by atoms with Gasteiger partial charge in [-0.2, -0.15) is 0 Å². The minimum atomic E-state index is -0.255. The highest BCUT2D eigenvalue weighted by atomic mass is 16.5. The minimum absolute atomic E-state index is 0.172. The van der Waals surface area contributed by atoms with Crippen molar-refractivity contribution >= 4 is 11.8 Å². The van der Waals surface area contributed by atoms with Crippen LogP contribution in [-0.2, 0) is 17.9 Å². The Balaban J connectivity index is 1.58. The lowest BCUT2D eigenvalue weighted by molar-refractivity contribution is -0.132. The van der Waals surface area contributed by atoms with Gasteiger partial charge in [0.05, 0.1) is 12.7 Å². The smallest absolute Gasteiger partial charge is 0.260 e. The van der Waals surface area contributed by atoms with E-state index in [0.717, 1.165) is 16.9 Å². The summed E-state index contributed by atoms with van der Waals surface area (Å²) in [6.07, 6.45) is 0. The van der Waals surface area contributed by atoms with E-state index in [1.807, 2.05) is 54.6 Å². The van der Waals surface area contributed by atoms with E-state index in [4.69, 9.17) is 9.47 Å². The van der Waals surface area contributed by atoms with Crippen LogP contribution in [0.3, 0.4) is 0 Å². The van der Waals surface area contributed by atoms with Crippen molar-refractivity contribution < 1.29 is 19.1 Å². The fourth-order valence-corrected chi connectivity index (χ4v) is 3.08. The molecule has 0 fully saturated rings. The molecule has 160 valence electrons. The van der Waals surface area contributed by atoms with Gasteiger partial charge in [-0.3, -0.25) is 9.59 Å². The Morgan fingerprint density at radius 2 is 1.52 bits per heavy atom. The van der Waals surface area contributed by atoms with Gasteiger partial charge in [-0.1, -0.05) is 60.7 Å². The van der Waals surface area contributed by atoms with Crippen molar-refractivity contribution in [2.75, 3.05) is 20.8 Å². The first-order valence-electron chi connectivity index (χ1n) is 9.98. The largest absolute Gasteiger partial charge is 0.496 e. The van der Waals surface area contributed by atoms with Crippen LogP contribution in [0.15, 0.2) is 78.9 Å². The molecule has 0 saturated carbocycles. The van der Waals surface area contributed by atoms with E-state index in [1.165, 1.54) is 0 Å². The maximum atomic E-state index is 12.6. The second kappa shape index (κ2) is 10.8. The summed E-state index contributed by atoms with van der Waals surface area (Å²) in [5.41, 5.74) is 2.29. The van der Waals surface area contributed by atoms with Gasteiger partial charge in [0.15, 0.2) is 6.61 Å². The number of para-hydroxylation sites is 2. The standard InChI is InChI=1S/C25H26N2O4/c1-27(17-20-12-6-8-14-22(20)30-2)24(28)18-31-23-15-9-7-13-21(23)25(29)26-16-19-10-4-3-5-11-19/h3-15H,16-18H2,1-2H3,(H,26,29). The number of methoxy groups -OCH3 is 1. The van der Waals surface area contributed by atoms with Gasteiger partial charge in [0.1, 0.15) is 11.5 Å². The first kappa shape index (κ1) is 21.9. The van der Waals surface area contributed by atoms with E-state index >= 15 is 0 Å². The summed E-state index contributed by atoms with van der Waals surface area (Å²) in [7, 11) is 3.31. The lowest BCUT2D eigenvalue weighted by Crippen LogP contribution is -2.31. The van der Waals surface area contributed by atoms with Crippen molar-refractivity contribution in [1.82, 2.24) is 10.2 Å². The normalized spacial score (nSPS) is 10.3. The first-order valence-corrected chi connectivity index (χ1v) is 9.98. The molecule has 0 atom stereocenters. The van der Waals surface area contributed by atoms with Crippen LogP contribution in [0.25, 0.3) is 0 Å². The van der Waals surface area contributed by atoms with E-state index in [9.17, 15) is 9.59 Å². The number of carbonyl (C=O) groups is 2. The number of benzene rings is 3. The number of amides is 2. The molecule has 3 aromatic carbocycles. The molecule has 0 aliphatic heterocycles. The summed E-state index contributed by atoms with van der Waals surface area (Å²) in [5.74, 6) is 0.635. The SMILES string of the molecule is COc1ccccc1CN(C)C(=O)COc1ccccc1C(=O)NCc1ccccc1. The van der Waals surface area contributed by atoms with E-state index in [2.05, 4.69) is 5.32 Å². The zero-order valence-electron chi connectivity index (χ0n) is 17.7. The Hall–Kier alpha value is -3.80. The van der Waals surface area contributed by atoms with Crippen LogP contribution in [0.4, 0.5) is 0 Å². The first-order chi connectivity index (χ1) is 15.1. The number of ether oxygens (including phenoxy) is 2. The molecule has 31 heavy (non-hydrogen) atoms. The van der Waals surface area contributed by atoms with Gasteiger partial charge in [-0.25, -0.2) is 0 Å². The van der Waals surface area contributed by atoms with Gasteiger partial charge in [-0.05, 0) is 23.8 Å². The molecule has 6 nitrogen and oxygen atoms in total. The van der Waals surface area contributed by atoms with E-state index in [1.54, 1.807) is 43.3 Å². The number of nitrogens with one attached hydrogen (secondary N) is 1. The summed E-state index contributed by atoms with van der Waals surface area (Å²) in [6.45, 7) is 0.634. The molecular weight excluding hydrogens is 392 g/mol. The molecule has 0 aliphatic carbocycles. The maximum Gasteiger partial charge on any atom is 0.260 e. The number of carbonyl (C=O) groups excluding carboxylic acids is 2. The van der Waals surface area contributed by atoms with Gasteiger partial charge >= 0.3 is 0 Å². The minimum Gasteiger partial charge on any atom is -0.496 e. The summed E-state index contributed by atoms with van der Waals surface area (Å²) in [4.78, 5) is 26.8. The summed E-state index contributed by atoms with van der Waals surface area (Å²) >= 11 is 0. The van der Waals surface area contributed by atoms with Crippen molar-refractivity contribution in [3.05, 3.63) is 95.6 Å². The number of hydrogen-bond donors (Lipinski definition) is 1. The van der Waals surface area contributed by atoms with Gasteiger partial charge < -0.3 is 19.7 Å². The summed E-state index contributed by atoms with van der Waals surface area (Å²) in [5, 5.41) is 2.88. The molecule has 0 spiro atoms. The number of nitrogens with zero attached hydrogens (tertiary/aromatic N) is 1. The highest BCUT2D eigenvalue weighted by Gasteiger charge is 2.16. The Labute approximate surface area is 182 Å². The van der Waals surface area contributed by atoms with Crippen molar-refractivity contribution in [3.8, 4) is 11.5 Å². The molecule has 3 aromatic rings. The molecule has 0 saturated heterocycles. The zero-order valence-corrected chi connectivity index (χ0v) is 17.7. The zero-order chi connectivity index (χ0) is 22.1. The Bertz CT molecular complexity index is 1020. The predicted molar refractivity (Wildman–Crippen MR) is 119 cm³/mol. The summed E-state index contributed by atoms with van der Waals surface area (Å²) < 4.78 is 11.0. The predicted octanol–water partition coefficient (Wildman–Crippen LogP) is 3.66. The van der Waals surface area contributed by atoms with Crippen LogP contribution in [0, 0.1) is 0 Å². The van der Waals surface area contributed by atoms with E-state index in [0.29, 0.717) is 24.4 Å². The third-order valence-electron chi connectivity index (χ3n) is 4.80. The van der Waals surface area contributed by atoms with Crippen molar-refractivity contribution in [2.24, 2.45) is 0 Å². The van der Waals surface area contributed by atoms with Gasteiger partial charge in [0.25, 0.3) is 11.8 Å². The highest BCUT2D eigenvalue weighted by Crippen LogP contribution is 2.20. The van der Waals surface area contributed by atoms with Crippen LogP contribution < -0.4 is 14.8 Å². The van der Waals surface area contributed by atoms with Gasteiger partial charge in [0.2, 0.25) is 0 Å². The van der Waals surface area contributed by atoms with E-state index in [-0.39, 0.29) is 18.4 Å². The average Bonchev–Trinajstić information content (AvgIpc) is 2.82. The Kier molecular flexibility index (Phi) is 7.65. The molecule has 2 amide bonds. The fourth-order valence-electron chi connectivity index (χ4n) is 3.08. The lowest BCUT2D eigenvalue weighted by Gasteiger charge is -2.19. The summed E-state index contributed by atoms with van der Waals surface area (Å²) in [6, 6.07) is 24.1. The third-order valence-corrected chi connectivity index (χ3v) is 4.80. The van der Waals surface area contributed by atoms with Crippen LogP contribution in [-0.4, -0.2) is 37.5 Å². The van der Waals surface area contributed by atoms with Gasteiger partial charge in [0, 0.05) is 25.7 Å². The van der Waals surface area contributed by atoms with Crippen molar-refractivity contribution in [1.29, 1.82) is 0 Å². The highest BCUT2D eigenvalue weighted by molar-refractivity contribution is 5.97. The molecule has 0 aromatic heterocycles. The second-order valence-electron chi connectivity index (χ2n) is 7.01. The van der Waals surface area contributed by atoms with E-state index < -0.39 is 0 Å². The fraction of sp³-hybridized carbons (Fsp3) is 0.200. The molecular formula is C25H26N2O4. The molecule has 1 N–H and O–H groups in total. The second-order valence-corrected chi connectivity index (χ2v) is 7.01. The van der Waals surface area contributed by atoms with Crippen LogP contribution in [0.2, 0.25) is 0 Å².